The Balaban J connectivity index is -0.0000000298. The van der Waals surface area contributed by atoms with Crippen LogP contribution in [0, 0.1) is 0 Å². The Bertz CT molecular complexity index is 132. The number of carboxylic acid groups (broad SMARTS) is 3. The summed E-state index contributed by atoms with van der Waals surface area (Å²) in [5, 5.41) is 26.7. The van der Waals surface area contributed by atoms with E-state index in [0.717, 1.165) is 20.8 Å². The molecule has 0 aromatic rings. The van der Waals surface area contributed by atoms with E-state index in [4.69, 9.17) is 32.4 Å². The number of carboxylic acids is 3. The van der Waals surface area contributed by atoms with Crippen molar-refractivity contribution in [1.29, 1.82) is 0 Å². The average molecular weight is 522 g/mol. The van der Waals surface area contributed by atoms with Crippen LogP contribution >= 0.6 is 0 Å². The van der Waals surface area contributed by atoms with Gasteiger partial charge in [0.15, 0.2) is 0 Å². The van der Waals surface area contributed by atoms with Crippen molar-refractivity contribution in [3.8, 4) is 0 Å². The largest absolute Gasteiger partial charge is 3.00 e. The van der Waals surface area contributed by atoms with Gasteiger partial charge in [-0.05, 0) is 20.8 Å². The van der Waals surface area contributed by atoms with Gasteiger partial charge in [-0.3, -0.25) is 0 Å². The third kappa shape index (κ3) is 805000. The number of rotatable bonds is 0. The first-order chi connectivity index (χ1) is 6.20. The van der Waals surface area contributed by atoms with Crippen molar-refractivity contribution in [2.75, 3.05) is 0 Å². The van der Waals surface area contributed by atoms with Crippen LogP contribution in [0.25, 0.3) is 0 Å². The summed E-state index contributed by atoms with van der Waals surface area (Å²) in [5.41, 5.74) is 0. The Morgan fingerprint density at radius 2 is 0.733 bits per heavy atom. The fourth-order valence-corrected chi connectivity index (χ4v) is 0. The molecule has 0 aliphatic heterocycles. The predicted molar refractivity (Wildman–Crippen MR) is 44.2 cm³/mol. The molecule has 0 aliphatic rings. The quantitative estimate of drug-likeness (QED) is 0.292. The monoisotopic (exact) mass is 522 g/mol. The van der Waals surface area contributed by atoms with E-state index >= 15 is 0 Å². The van der Waals surface area contributed by atoms with Crippen molar-refractivity contribution >= 4 is 68.1 Å². The van der Waals surface area contributed by atoms with E-state index in [9.17, 15) is 0 Å². The van der Waals surface area contributed by atoms with Crippen molar-refractivity contribution in [2.24, 2.45) is 0 Å². The van der Waals surface area contributed by atoms with Crippen LogP contribution in [-0.4, -0.2) is 68.1 Å². The van der Waals surface area contributed by atoms with E-state index in [-0.39, 0.29) is 50.2 Å². The maximum absolute atomic E-state index is 8.89. The SMILES string of the molecule is CC(=O)[O-].CC(=O)[O-].CC(=O)[O-].[O]=[Pb].[Sb+3]. The molecular formula is C6H9O7PbSb. The van der Waals surface area contributed by atoms with Crippen molar-refractivity contribution in [1.82, 2.24) is 0 Å². The van der Waals surface area contributed by atoms with Crippen LogP contribution in [-0.2, 0) is 17.1 Å². The molecule has 0 aliphatic carbocycles. The normalized spacial score (nSPS) is 5.27. The molecule has 0 fully saturated rings. The zero-order chi connectivity index (χ0) is 12.7. The zero-order valence-corrected chi connectivity index (χ0v) is 14.7. The fraction of sp³-hybridized carbons (Fsp3) is 0.500. The summed E-state index contributed by atoms with van der Waals surface area (Å²) in [4.78, 5) is 26.7. The summed E-state index contributed by atoms with van der Waals surface area (Å²) in [6, 6.07) is 0. The van der Waals surface area contributed by atoms with Crippen molar-refractivity contribution in [3.63, 3.8) is 0 Å². The smallest absolute Gasteiger partial charge is 3.00 e. The molecule has 0 saturated heterocycles. The molecule has 0 N–H and O–H groups in total. The van der Waals surface area contributed by atoms with E-state index in [1.54, 1.807) is 0 Å². The van der Waals surface area contributed by atoms with E-state index < -0.39 is 17.9 Å². The second kappa shape index (κ2) is 29.2. The molecule has 0 aromatic carbocycles. The van der Waals surface area contributed by atoms with Crippen LogP contribution in [0.1, 0.15) is 20.8 Å². The van der Waals surface area contributed by atoms with Crippen LogP contribution in [0.15, 0.2) is 0 Å². The maximum Gasteiger partial charge on any atom is 3.00 e. The third-order valence-electron chi connectivity index (χ3n) is 0. The minimum atomic E-state index is -1.08. The van der Waals surface area contributed by atoms with Crippen LogP contribution in [0.3, 0.4) is 0 Å². The van der Waals surface area contributed by atoms with Gasteiger partial charge in [0.25, 0.3) is 0 Å². The molecule has 0 saturated carbocycles. The standard InChI is InChI=1S/3C2H4O2.O.Pb.Sb/c3*1-2(3)4;;;/h3*1H3,(H,3,4);;;/q;;;;;+3/p-3. The molecule has 0 amide bonds. The molecule has 0 aromatic heterocycles. The Morgan fingerprint density at radius 3 is 0.733 bits per heavy atom. The molecule has 4 radical (unpaired) electrons. The number of carbonyl (C=O) groups excluding carboxylic acids is 3. The van der Waals surface area contributed by atoms with E-state index in [0.29, 0.717) is 0 Å². The average Bonchev–Trinajstić information content (AvgIpc) is 1.86. The predicted octanol–water partition coefficient (Wildman–Crippen LogP) is -4.61. The summed E-state index contributed by atoms with van der Waals surface area (Å²) in [6.07, 6.45) is 0. The number of aliphatic carboxylic acids is 3. The third-order valence-corrected chi connectivity index (χ3v) is 0. The van der Waals surface area contributed by atoms with Crippen molar-refractivity contribution in [2.45, 2.75) is 20.8 Å². The fourth-order valence-electron chi connectivity index (χ4n) is 0. The van der Waals surface area contributed by atoms with Crippen molar-refractivity contribution < 1.29 is 32.4 Å². The molecule has 84 valence electrons. The van der Waals surface area contributed by atoms with Gasteiger partial charge in [-0.1, -0.05) is 0 Å². The first-order valence-electron chi connectivity index (χ1n) is 2.93. The molecule has 0 spiro atoms. The molecule has 0 unspecified atom stereocenters. The topological polar surface area (TPSA) is 137 Å². The summed E-state index contributed by atoms with van der Waals surface area (Å²) in [5.74, 6) is -3.25. The van der Waals surface area contributed by atoms with Gasteiger partial charge in [0.05, 0.1) is 0 Å². The van der Waals surface area contributed by atoms with Gasteiger partial charge in [0.2, 0.25) is 0 Å². The summed E-state index contributed by atoms with van der Waals surface area (Å²) in [7, 11) is 0. The number of carbonyl (C=O) groups is 3. The van der Waals surface area contributed by atoms with E-state index in [2.05, 4.69) is 0 Å². The second-order valence-corrected chi connectivity index (χ2v) is 1.47. The summed E-state index contributed by atoms with van der Waals surface area (Å²) in [6.45, 7) is 2.92. The molecule has 9 heteroatoms. The number of hydrogen-bond acceptors (Lipinski definition) is 7. The first-order valence-corrected chi connectivity index (χ1v) is 4.52. The summed E-state index contributed by atoms with van der Waals surface area (Å²) < 4.78 is 8.39. The Morgan fingerprint density at radius 1 is 0.733 bits per heavy atom. The maximum atomic E-state index is 8.89. The minimum Gasteiger partial charge on any atom is 3.00 e. The molecule has 0 rings (SSSR count). The van der Waals surface area contributed by atoms with Gasteiger partial charge < -0.3 is 29.7 Å². The van der Waals surface area contributed by atoms with Crippen LogP contribution in [0.4, 0.5) is 0 Å². The Hall–Kier alpha value is -0.0497. The molecule has 7 nitrogen and oxygen atoms in total. The van der Waals surface area contributed by atoms with E-state index in [1.807, 2.05) is 0 Å². The van der Waals surface area contributed by atoms with Crippen LogP contribution in [0.5, 0.6) is 0 Å². The van der Waals surface area contributed by atoms with Crippen LogP contribution < -0.4 is 15.3 Å². The van der Waals surface area contributed by atoms with Crippen molar-refractivity contribution in [3.05, 3.63) is 0 Å². The number of hydrogen-bond donors (Lipinski definition) is 0. The van der Waals surface area contributed by atoms with Gasteiger partial charge in [0, 0.05) is 17.9 Å². The van der Waals surface area contributed by atoms with Gasteiger partial charge in [-0.25, -0.2) is 0 Å². The van der Waals surface area contributed by atoms with Gasteiger partial charge in [-0.15, -0.1) is 0 Å². The van der Waals surface area contributed by atoms with E-state index in [1.165, 1.54) is 0 Å². The Labute approximate surface area is 120 Å². The van der Waals surface area contributed by atoms with Crippen LogP contribution in [0.2, 0.25) is 0 Å². The van der Waals surface area contributed by atoms with Gasteiger partial charge in [-0.2, -0.15) is 0 Å². The summed E-state index contributed by atoms with van der Waals surface area (Å²) >= 11 is 0.0556. The molecular weight excluding hydrogens is 513 g/mol. The molecule has 0 bridgehead atoms. The van der Waals surface area contributed by atoms with Gasteiger partial charge in [0.1, 0.15) is 0 Å². The molecule has 0 heterocycles. The minimum absolute atomic E-state index is 0. The molecule has 15 heavy (non-hydrogen) atoms. The molecule has 0 atom stereocenters. The zero-order valence-electron chi connectivity index (χ0n) is 8.30. The second-order valence-electron chi connectivity index (χ2n) is 1.47. The first kappa shape index (κ1) is 29.4. The Kier molecular flexibility index (Phi) is 57.2. The van der Waals surface area contributed by atoms with Gasteiger partial charge >= 0.3 is 52.9 Å².